The van der Waals surface area contributed by atoms with Crippen molar-refractivity contribution in [2.75, 3.05) is 7.11 Å². The zero-order valence-corrected chi connectivity index (χ0v) is 7.09. The standard InChI is InChI=1S/C8H15NO2/c1-3-4-5-6-7-8(10)9-11-2/h3-4H,5-7H2,1-2H3,(H,9,10)/b4-3-. The molecule has 0 saturated heterocycles. The molecule has 0 unspecified atom stereocenters. The van der Waals surface area contributed by atoms with Crippen molar-refractivity contribution < 1.29 is 9.63 Å². The minimum absolute atomic E-state index is 0.0583. The van der Waals surface area contributed by atoms with Gasteiger partial charge in [-0.2, -0.15) is 0 Å². The lowest BCUT2D eigenvalue weighted by atomic mass is 10.2. The molecule has 0 aliphatic heterocycles. The van der Waals surface area contributed by atoms with Gasteiger partial charge >= 0.3 is 0 Å². The van der Waals surface area contributed by atoms with Crippen LogP contribution in [0.1, 0.15) is 26.2 Å². The van der Waals surface area contributed by atoms with Crippen molar-refractivity contribution in [2.45, 2.75) is 26.2 Å². The smallest absolute Gasteiger partial charge is 0.243 e. The summed E-state index contributed by atoms with van der Waals surface area (Å²) in [5.74, 6) is -0.0583. The molecule has 0 heterocycles. The quantitative estimate of drug-likeness (QED) is 0.372. The normalized spacial score (nSPS) is 10.4. The van der Waals surface area contributed by atoms with E-state index in [1.807, 2.05) is 19.1 Å². The van der Waals surface area contributed by atoms with E-state index in [0.29, 0.717) is 6.42 Å². The number of nitrogens with one attached hydrogen (secondary N) is 1. The van der Waals surface area contributed by atoms with E-state index >= 15 is 0 Å². The number of rotatable bonds is 5. The molecule has 0 spiro atoms. The van der Waals surface area contributed by atoms with Crippen LogP contribution in [0.15, 0.2) is 12.2 Å². The molecule has 0 aromatic rings. The molecule has 0 saturated carbocycles. The largest absolute Gasteiger partial charge is 0.277 e. The molecule has 0 fully saturated rings. The zero-order chi connectivity index (χ0) is 8.53. The topological polar surface area (TPSA) is 38.3 Å². The van der Waals surface area contributed by atoms with Gasteiger partial charge < -0.3 is 0 Å². The third-order valence-corrected chi connectivity index (χ3v) is 1.23. The molecule has 0 aromatic carbocycles. The molecule has 0 bridgehead atoms. The Morgan fingerprint density at radius 3 is 2.91 bits per heavy atom. The van der Waals surface area contributed by atoms with Crippen molar-refractivity contribution in [3.63, 3.8) is 0 Å². The van der Waals surface area contributed by atoms with Crippen molar-refractivity contribution in [1.29, 1.82) is 0 Å². The Labute approximate surface area is 67.4 Å². The van der Waals surface area contributed by atoms with Crippen LogP contribution in [0.3, 0.4) is 0 Å². The number of hydrogen-bond donors (Lipinski definition) is 1. The van der Waals surface area contributed by atoms with E-state index in [1.165, 1.54) is 7.11 Å². The molecule has 0 atom stereocenters. The highest BCUT2D eigenvalue weighted by Gasteiger charge is 1.96. The summed E-state index contributed by atoms with van der Waals surface area (Å²) < 4.78 is 0. The molecule has 0 rings (SSSR count). The molecule has 0 aliphatic carbocycles. The van der Waals surface area contributed by atoms with Gasteiger partial charge in [0.05, 0.1) is 7.11 Å². The first-order valence-corrected chi connectivity index (χ1v) is 3.74. The number of hydroxylamine groups is 1. The van der Waals surface area contributed by atoms with Crippen LogP contribution in [-0.2, 0) is 9.63 Å². The SMILES string of the molecule is C/C=C\CCCC(=O)NOC. The predicted octanol–water partition coefficient (Wildman–Crippen LogP) is 1.41. The lowest BCUT2D eigenvalue weighted by Gasteiger charge is -1.98. The van der Waals surface area contributed by atoms with Gasteiger partial charge in [0.25, 0.3) is 0 Å². The van der Waals surface area contributed by atoms with E-state index in [4.69, 9.17) is 0 Å². The zero-order valence-electron chi connectivity index (χ0n) is 7.09. The maximum atomic E-state index is 10.7. The average molecular weight is 157 g/mol. The lowest BCUT2D eigenvalue weighted by molar-refractivity contribution is -0.131. The highest BCUT2D eigenvalue weighted by Crippen LogP contribution is 1.95. The van der Waals surface area contributed by atoms with Gasteiger partial charge in [-0.15, -0.1) is 0 Å². The maximum absolute atomic E-state index is 10.7. The van der Waals surface area contributed by atoms with E-state index in [-0.39, 0.29) is 5.91 Å². The van der Waals surface area contributed by atoms with Crippen LogP contribution in [0.2, 0.25) is 0 Å². The fraction of sp³-hybridized carbons (Fsp3) is 0.625. The molecular weight excluding hydrogens is 142 g/mol. The van der Waals surface area contributed by atoms with Gasteiger partial charge in [0, 0.05) is 6.42 Å². The van der Waals surface area contributed by atoms with Crippen LogP contribution in [0.5, 0.6) is 0 Å². The summed E-state index contributed by atoms with van der Waals surface area (Å²) in [5, 5.41) is 0. The van der Waals surface area contributed by atoms with E-state index in [9.17, 15) is 4.79 Å². The number of hydrogen-bond acceptors (Lipinski definition) is 2. The number of amides is 1. The van der Waals surface area contributed by atoms with Crippen LogP contribution in [0.25, 0.3) is 0 Å². The highest BCUT2D eigenvalue weighted by molar-refractivity contribution is 5.74. The Morgan fingerprint density at radius 1 is 1.64 bits per heavy atom. The second-order valence-corrected chi connectivity index (χ2v) is 2.19. The van der Waals surface area contributed by atoms with Gasteiger partial charge in [0.1, 0.15) is 0 Å². The fourth-order valence-electron chi connectivity index (χ4n) is 0.712. The summed E-state index contributed by atoms with van der Waals surface area (Å²) in [6, 6.07) is 0. The second kappa shape index (κ2) is 7.28. The summed E-state index contributed by atoms with van der Waals surface area (Å²) in [6.45, 7) is 1.97. The van der Waals surface area contributed by atoms with Crippen LogP contribution in [-0.4, -0.2) is 13.0 Å². The number of unbranched alkanes of at least 4 members (excludes halogenated alkanes) is 1. The van der Waals surface area contributed by atoms with Crippen LogP contribution in [0.4, 0.5) is 0 Å². The summed E-state index contributed by atoms with van der Waals surface area (Å²) in [5.41, 5.74) is 2.26. The van der Waals surface area contributed by atoms with Gasteiger partial charge in [-0.05, 0) is 19.8 Å². The second-order valence-electron chi connectivity index (χ2n) is 2.19. The van der Waals surface area contributed by atoms with Gasteiger partial charge in [-0.25, -0.2) is 5.48 Å². The van der Waals surface area contributed by atoms with Crippen LogP contribution in [0, 0.1) is 0 Å². The van der Waals surface area contributed by atoms with Crippen molar-refractivity contribution in [1.82, 2.24) is 5.48 Å². The van der Waals surface area contributed by atoms with Crippen molar-refractivity contribution in [2.24, 2.45) is 0 Å². The van der Waals surface area contributed by atoms with Gasteiger partial charge in [0.15, 0.2) is 0 Å². The third-order valence-electron chi connectivity index (χ3n) is 1.23. The molecule has 1 N–H and O–H groups in total. The average Bonchev–Trinajstić information content (AvgIpc) is 1.99. The van der Waals surface area contributed by atoms with Crippen LogP contribution < -0.4 is 5.48 Å². The first-order chi connectivity index (χ1) is 5.31. The molecule has 64 valence electrons. The third kappa shape index (κ3) is 7.06. The molecule has 3 heteroatoms. The molecule has 0 radical (unpaired) electrons. The molecule has 0 aliphatic rings. The van der Waals surface area contributed by atoms with Crippen molar-refractivity contribution >= 4 is 5.91 Å². The first kappa shape index (κ1) is 10.2. The molecule has 3 nitrogen and oxygen atoms in total. The Kier molecular flexibility index (Phi) is 6.73. The van der Waals surface area contributed by atoms with Crippen LogP contribution >= 0.6 is 0 Å². The summed E-state index contributed by atoms with van der Waals surface area (Å²) in [6.07, 6.45) is 6.37. The van der Waals surface area contributed by atoms with E-state index < -0.39 is 0 Å². The molecule has 0 aromatic heterocycles. The Bertz CT molecular complexity index is 132. The molecule has 11 heavy (non-hydrogen) atoms. The van der Waals surface area contributed by atoms with Gasteiger partial charge in [-0.1, -0.05) is 12.2 Å². The Balaban J connectivity index is 3.17. The van der Waals surface area contributed by atoms with Gasteiger partial charge in [-0.3, -0.25) is 9.63 Å². The molecule has 1 amide bonds. The Hall–Kier alpha value is -0.830. The lowest BCUT2D eigenvalue weighted by Crippen LogP contribution is -2.21. The van der Waals surface area contributed by atoms with E-state index in [2.05, 4.69) is 10.3 Å². The number of allylic oxidation sites excluding steroid dienone is 2. The highest BCUT2D eigenvalue weighted by atomic mass is 16.6. The molecular formula is C8H15NO2. The predicted molar refractivity (Wildman–Crippen MR) is 43.8 cm³/mol. The monoisotopic (exact) mass is 157 g/mol. The Morgan fingerprint density at radius 2 is 2.36 bits per heavy atom. The number of carbonyl (C=O) groups excluding carboxylic acids is 1. The summed E-state index contributed by atoms with van der Waals surface area (Å²) >= 11 is 0. The first-order valence-electron chi connectivity index (χ1n) is 3.74. The summed E-state index contributed by atoms with van der Waals surface area (Å²) in [4.78, 5) is 15.2. The van der Waals surface area contributed by atoms with Crippen molar-refractivity contribution in [3.05, 3.63) is 12.2 Å². The van der Waals surface area contributed by atoms with E-state index in [0.717, 1.165) is 12.8 Å². The fourth-order valence-corrected chi connectivity index (χ4v) is 0.712. The van der Waals surface area contributed by atoms with E-state index in [1.54, 1.807) is 0 Å². The maximum Gasteiger partial charge on any atom is 0.243 e. The minimum atomic E-state index is -0.0583. The minimum Gasteiger partial charge on any atom is -0.277 e. The van der Waals surface area contributed by atoms with Crippen molar-refractivity contribution in [3.8, 4) is 0 Å². The van der Waals surface area contributed by atoms with Gasteiger partial charge in [0.2, 0.25) is 5.91 Å². The number of carbonyl (C=O) groups is 1. The summed E-state index contributed by atoms with van der Waals surface area (Å²) in [7, 11) is 1.43.